The van der Waals surface area contributed by atoms with E-state index in [1.807, 2.05) is 0 Å². The molecule has 0 saturated carbocycles. The lowest BCUT2D eigenvalue weighted by molar-refractivity contribution is 0.0103. The van der Waals surface area contributed by atoms with Gasteiger partial charge in [0, 0.05) is 12.4 Å². The third-order valence-corrected chi connectivity index (χ3v) is 2.15. The maximum atomic E-state index is 5.57. The van der Waals surface area contributed by atoms with E-state index in [1.165, 1.54) is 0 Å². The van der Waals surface area contributed by atoms with Crippen LogP contribution in [0.25, 0.3) is 0 Å². The summed E-state index contributed by atoms with van der Waals surface area (Å²) in [5.74, 6) is 0.742. The van der Waals surface area contributed by atoms with E-state index in [2.05, 4.69) is 6.92 Å². The summed E-state index contributed by atoms with van der Waals surface area (Å²) < 4.78 is 10.7. The number of rotatable bonds is 10. The van der Waals surface area contributed by atoms with Gasteiger partial charge in [-0.3, -0.25) is 0 Å². The SMILES string of the molecule is CC(CCCCCl)OCCOCCN. The Balaban J connectivity index is 3.06. The van der Waals surface area contributed by atoms with Crippen molar-refractivity contribution in [3.05, 3.63) is 0 Å². The number of halogens is 1. The summed E-state index contributed by atoms with van der Waals surface area (Å²) in [7, 11) is 0. The van der Waals surface area contributed by atoms with Gasteiger partial charge in [-0.1, -0.05) is 0 Å². The monoisotopic (exact) mass is 223 g/mol. The number of hydrogen-bond donors (Lipinski definition) is 1. The first-order chi connectivity index (χ1) is 6.81. The van der Waals surface area contributed by atoms with Crippen molar-refractivity contribution in [3.8, 4) is 0 Å². The molecule has 0 amide bonds. The minimum Gasteiger partial charge on any atom is -0.378 e. The van der Waals surface area contributed by atoms with Gasteiger partial charge in [0.15, 0.2) is 0 Å². The average Bonchev–Trinajstić information content (AvgIpc) is 2.18. The van der Waals surface area contributed by atoms with Crippen molar-refractivity contribution in [2.45, 2.75) is 32.3 Å². The molecule has 0 radical (unpaired) electrons. The van der Waals surface area contributed by atoms with Gasteiger partial charge < -0.3 is 15.2 Å². The van der Waals surface area contributed by atoms with Gasteiger partial charge in [-0.2, -0.15) is 0 Å². The fourth-order valence-corrected chi connectivity index (χ4v) is 1.29. The van der Waals surface area contributed by atoms with Crippen LogP contribution in [0.5, 0.6) is 0 Å². The third kappa shape index (κ3) is 10.3. The zero-order chi connectivity index (χ0) is 10.6. The second-order valence-electron chi connectivity index (χ2n) is 3.27. The summed E-state index contributed by atoms with van der Waals surface area (Å²) in [6, 6.07) is 0. The molecule has 1 atom stereocenters. The van der Waals surface area contributed by atoms with Crippen LogP contribution < -0.4 is 5.73 Å². The average molecular weight is 224 g/mol. The Morgan fingerprint density at radius 1 is 1.21 bits per heavy atom. The maximum absolute atomic E-state index is 5.57. The smallest absolute Gasteiger partial charge is 0.0704 e. The highest BCUT2D eigenvalue weighted by atomic mass is 35.5. The molecule has 2 N–H and O–H groups in total. The molecular weight excluding hydrogens is 202 g/mol. The van der Waals surface area contributed by atoms with Gasteiger partial charge in [0.2, 0.25) is 0 Å². The molecule has 0 aliphatic rings. The van der Waals surface area contributed by atoms with E-state index in [-0.39, 0.29) is 0 Å². The summed E-state index contributed by atoms with van der Waals surface area (Å²) in [4.78, 5) is 0. The van der Waals surface area contributed by atoms with Crippen molar-refractivity contribution in [3.63, 3.8) is 0 Å². The molecule has 0 rings (SSSR count). The van der Waals surface area contributed by atoms with E-state index in [0.717, 1.165) is 25.1 Å². The molecule has 0 heterocycles. The molecule has 1 unspecified atom stereocenters. The quantitative estimate of drug-likeness (QED) is 0.454. The minimum absolute atomic E-state index is 0.305. The highest BCUT2D eigenvalue weighted by molar-refractivity contribution is 6.17. The van der Waals surface area contributed by atoms with Crippen molar-refractivity contribution < 1.29 is 9.47 Å². The van der Waals surface area contributed by atoms with Crippen LogP contribution in [0.1, 0.15) is 26.2 Å². The second kappa shape index (κ2) is 11.2. The minimum atomic E-state index is 0.305. The molecule has 4 heteroatoms. The van der Waals surface area contributed by atoms with Crippen molar-refractivity contribution >= 4 is 11.6 Å². The summed E-state index contributed by atoms with van der Waals surface area (Å²) in [5.41, 5.74) is 5.27. The first-order valence-electron chi connectivity index (χ1n) is 5.26. The number of alkyl halides is 1. The van der Waals surface area contributed by atoms with Gasteiger partial charge in [0.05, 0.1) is 25.9 Å². The first-order valence-corrected chi connectivity index (χ1v) is 5.80. The fraction of sp³-hybridized carbons (Fsp3) is 1.00. The number of unbranched alkanes of at least 4 members (excludes halogenated alkanes) is 1. The Hall–Kier alpha value is 0.170. The molecule has 0 aromatic carbocycles. The Morgan fingerprint density at radius 2 is 2.00 bits per heavy atom. The lowest BCUT2D eigenvalue weighted by Gasteiger charge is -2.12. The van der Waals surface area contributed by atoms with Gasteiger partial charge in [-0.15, -0.1) is 11.6 Å². The van der Waals surface area contributed by atoms with Crippen LogP contribution in [0.4, 0.5) is 0 Å². The van der Waals surface area contributed by atoms with Gasteiger partial charge in [0.1, 0.15) is 0 Å². The molecule has 0 spiro atoms. The van der Waals surface area contributed by atoms with Crippen LogP contribution in [0.2, 0.25) is 0 Å². The van der Waals surface area contributed by atoms with E-state index >= 15 is 0 Å². The Morgan fingerprint density at radius 3 is 2.64 bits per heavy atom. The highest BCUT2D eigenvalue weighted by Crippen LogP contribution is 2.04. The first kappa shape index (κ1) is 14.2. The Bertz CT molecular complexity index is 114. The number of hydrogen-bond acceptors (Lipinski definition) is 3. The Kier molecular flexibility index (Phi) is 11.4. The topological polar surface area (TPSA) is 44.5 Å². The van der Waals surface area contributed by atoms with E-state index in [9.17, 15) is 0 Å². The van der Waals surface area contributed by atoms with E-state index in [0.29, 0.717) is 32.5 Å². The van der Waals surface area contributed by atoms with Gasteiger partial charge >= 0.3 is 0 Å². The third-order valence-electron chi connectivity index (χ3n) is 1.89. The lowest BCUT2D eigenvalue weighted by atomic mass is 10.2. The molecule has 0 aliphatic heterocycles. The highest BCUT2D eigenvalue weighted by Gasteiger charge is 2.00. The summed E-state index contributed by atoms with van der Waals surface area (Å²) in [5, 5.41) is 0. The molecule has 14 heavy (non-hydrogen) atoms. The molecule has 0 aromatic heterocycles. The van der Waals surface area contributed by atoms with Gasteiger partial charge in [0.25, 0.3) is 0 Å². The number of nitrogens with two attached hydrogens (primary N) is 1. The summed E-state index contributed by atoms with van der Waals surface area (Å²) in [6.45, 7) is 4.56. The summed E-state index contributed by atoms with van der Waals surface area (Å²) >= 11 is 5.57. The number of ether oxygens (including phenoxy) is 2. The molecule has 3 nitrogen and oxygen atoms in total. The van der Waals surface area contributed by atoms with Crippen molar-refractivity contribution in [1.82, 2.24) is 0 Å². The standard InChI is InChI=1S/C10H22ClNO2/c1-10(4-2-3-5-11)14-9-8-13-7-6-12/h10H,2-9,12H2,1H3. The van der Waals surface area contributed by atoms with Crippen molar-refractivity contribution in [2.24, 2.45) is 5.73 Å². The molecule has 86 valence electrons. The van der Waals surface area contributed by atoms with Crippen LogP contribution in [-0.4, -0.2) is 38.3 Å². The molecule has 0 aliphatic carbocycles. The molecular formula is C10H22ClNO2. The second-order valence-corrected chi connectivity index (χ2v) is 3.65. The molecule has 0 bridgehead atoms. The van der Waals surface area contributed by atoms with Crippen LogP contribution >= 0.6 is 11.6 Å². The zero-order valence-electron chi connectivity index (χ0n) is 9.01. The molecule has 0 saturated heterocycles. The summed E-state index contributed by atoms with van der Waals surface area (Å²) in [6.07, 6.45) is 3.58. The normalized spacial score (nSPS) is 13.1. The largest absolute Gasteiger partial charge is 0.378 e. The van der Waals surface area contributed by atoms with Gasteiger partial charge in [-0.05, 0) is 26.2 Å². The Labute approximate surface area is 91.9 Å². The maximum Gasteiger partial charge on any atom is 0.0704 e. The van der Waals surface area contributed by atoms with E-state index in [1.54, 1.807) is 0 Å². The van der Waals surface area contributed by atoms with E-state index < -0.39 is 0 Å². The zero-order valence-corrected chi connectivity index (χ0v) is 9.76. The molecule has 0 aromatic rings. The van der Waals surface area contributed by atoms with Crippen molar-refractivity contribution in [2.75, 3.05) is 32.2 Å². The fourth-order valence-electron chi connectivity index (χ4n) is 1.10. The predicted octanol–water partition coefficient (Wildman–Crippen LogP) is 1.78. The van der Waals surface area contributed by atoms with Crippen LogP contribution in [0, 0.1) is 0 Å². The van der Waals surface area contributed by atoms with Crippen LogP contribution in [0.15, 0.2) is 0 Å². The van der Waals surface area contributed by atoms with Crippen LogP contribution in [0.3, 0.4) is 0 Å². The lowest BCUT2D eigenvalue weighted by Crippen LogP contribution is -2.15. The molecule has 0 fully saturated rings. The van der Waals surface area contributed by atoms with Crippen LogP contribution in [-0.2, 0) is 9.47 Å². The van der Waals surface area contributed by atoms with Gasteiger partial charge in [-0.25, -0.2) is 0 Å². The van der Waals surface area contributed by atoms with E-state index in [4.69, 9.17) is 26.8 Å². The predicted molar refractivity (Wildman–Crippen MR) is 59.9 cm³/mol. The van der Waals surface area contributed by atoms with Crippen molar-refractivity contribution in [1.29, 1.82) is 0 Å².